The summed E-state index contributed by atoms with van der Waals surface area (Å²) in [7, 11) is 0. The van der Waals surface area contributed by atoms with Gasteiger partial charge in [0.15, 0.2) is 0 Å². The van der Waals surface area contributed by atoms with Crippen LogP contribution in [0.2, 0.25) is 0 Å². The van der Waals surface area contributed by atoms with E-state index in [0.717, 1.165) is 30.1 Å². The first-order chi connectivity index (χ1) is 12.6. The quantitative estimate of drug-likeness (QED) is 0.707. The van der Waals surface area contributed by atoms with E-state index in [4.69, 9.17) is 0 Å². The molecule has 1 aliphatic rings. The first-order valence-corrected chi connectivity index (χ1v) is 8.76. The van der Waals surface area contributed by atoms with Gasteiger partial charge in [0.25, 0.3) is 0 Å². The second-order valence-corrected chi connectivity index (χ2v) is 6.66. The number of rotatable bonds is 3. The van der Waals surface area contributed by atoms with Gasteiger partial charge >= 0.3 is 0 Å². The molecule has 132 valence electrons. The maximum atomic E-state index is 13.2. The molecule has 4 rings (SSSR count). The number of benzene rings is 1. The van der Waals surface area contributed by atoms with Crippen LogP contribution >= 0.6 is 0 Å². The number of aromatic nitrogens is 3. The lowest BCUT2D eigenvalue weighted by Crippen LogP contribution is -2.33. The van der Waals surface area contributed by atoms with E-state index in [9.17, 15) is 4.39 Å². The Kier molecular flexibility index (Phi) is 4.07. The van der Waals surface area contributed by atoms with Crippen LogP contribution in [0.15, 0.2) is 55.5 Å². The number of pyridine rings is 1. The summed E-state index contributed by atoms with van der Waals surface area (Å²) < 4.78 is 15.1. The predicted molar refractivity (Wildman–Crippen MR) is 100 cm³/mol. The highest BCUT2D eigenvalue weighted by molar-refractivity contribution is 5.65. The summed E-state index contributed by atoms with van der Waals surface area (Å²) in [5, 5.41) is 0. The third-order valence-electron chi connectivity index (χ3n) is 5.11. The number of fused-ring (bicyclic) bond motifs is 1. The van der Waals surface area contributed by atoms with Crippen LogP contribution in [0.25, 0.3) is 11.5 Å². The van der Waals surface area contributed by atoms with Crippen LogP contribution in [0.5, 0.6) is 0 Å². The molecule has 3 heterocycles. The Labute approximate surface area is 152 Å². The highest BCUT2D eigenvalue weighted by atomic mass is 19.1. The minimum Gasteiger partial charge on any atom is -0.363 e. The monoisotopic (exact) mass is 348 g/mol. The third-order valence-corrected chi connectivity index (χ3v) is 5.11. The fourth-order valence-corrected chi connectivity index (χ4v) is 3.68. The standard InChI is InChI=1S/C21H21FN4/c1-14-6-4-5-7-18(14)15(2)25-11-10-19-21(16(25)3)24-13-26(19)20-9-8-17(22)12-23-20/h4-9,12-13,16H,2,10-11H2,1,3H3. The molecule has 26 heavy (non-hydrogen) atoms. The molecule has 0 spiro atoms. The zero-order valence-electron chi connectivity index (χ0n) is 15.0. The second kappa shape index (κ2) is 6.41. The average Bonchev–Trinajstić information content (AvgIpc) is 3.07. The molecule has 1 aliphatic heterocycles. The van der Waals surface area contributed by atoms with Crippen LogP contribution < -0.4 is 0 Å². The van der Waals surface area contributed by atoms with Crippen LogP contribution in [-0.2, 0) is 6.42 Å². The van der Waals surface area contributed by atoms with Gasteiger partial charge in [-0.2, -0.15) is 0 Å². The number of halogens is 1. The van der Waals surface area contributed by atoms with Crippen molar-refractivity contribution in [2.75, 3.05) is 6.54 Å². The summed E-state index contributed by atoms with van der Waals surface area (Å²) in [6, 6.07) is 11.5. The minimum atomic E-state index is -0.336. The fourth-order valence-electron chi connectivity index (χ4n) is 3.68. The molecule has 1 atom stereocenters. The van der Waals surface area contributed by atoms with Gasteiger partial charge in [-0.25, -0.2) is 14.4 Å². The summed E-state index contributed by atoms with van der Waals surface area (Å²) in [6.45, 7) is 9.46. The molecule has 0 bridgehead atoms. The summed E-state index contributed by atoms with van der Waals surface area (Å²) >= 11 is 0. The third kappa shape index (κ3) is 2.69. The SMILES string of the molecule is C=C(c1ccccc1C)N1CCc2c(ncn2-c2ccc(F)cn2)C1C. The molecule has 0 saturated heterocycles. The molecule has 0 saturated carbocycles. The maximum Gasteiger partial charge on any atom is 0.141 e. The number of hydrogen-bond acceptors (Lipinski definition) is 3. The molecular formula is C21H21FN4. The molecular weight excluding hydrogens is 327 g/mol. The van der Waals surface area contributed by atoms with E-state index in [0.29, 0.717) is 5.82 Å². The van der Waals surface area contributed by atoms with E-state index in [1.807, 2.05) is 16.7 Å². The molecule has 0 fully saturated rings. The smallest absolute Gasteiger partial charge is 0.141 e. The highest BCUT2D eigenvalue weighted by Gasteiger charge is 2.29. The predicted octanol–water partition coefficient (Wildman–Crippen LogP) is 4.30. The summed E-state index contributed by atoms with van der Waals surface area (Å²) in [5.41, 5.74) is 5.57. The molecule has 1 aromatic carbocycles. The van der Waals surface area contributed by atoms with Gasteiger partial charge in [-0.1, -0.05) is 30.8 Å². The van der Waals surface area contributed by atoms with Gasteiger partial charge in [0.2, 0.25) is 0 Å². The van der Waals surface area contributed by atoms with Crippen molar-refractivity contribution in [1.82, 2.24) is 19.4 Å². The zero-order chi connectivity index (χ0) is 18.3. The Balaban J connectivity index is 1.66. The Bertz CT molecular complexity index is 958. The van der Waals surface area contributed by atoms with Gasteiger partial charge in [0.05, 0.1) is 23.6 Å². The number of imidazole rings is 1. The van der Waals surface area contributed by atoms with E-state index in [1.54, 1.807) is 12.4 Å². The Morgan fingerprint density at radius 3 is 2.73 bits per heavy atom. The molecule has 4 nitrogen and oxygen atoms in total. The topological polar surface area (TPSA) is 34.0 Å². The highest BCUT2D eigenvalue weighted by Crippen LogP contribution is 2.35. The number of nitrogens with zero attached hydrogens (tertiary/aromatic N) is 4. The van der Waals surface area contributed by atoms with Gasteiger partial charge in [0, 0.05) is 24.2 Å². The van der Waals surface area contributed by atoms with E-state index in [-0.39, 0.29) is 11.9 Å². The minimum absolute atomic E-state index is 0.118. The Morgan fingerprint density at radius 1 is 1.19 bits per heavy atom. The van der Waals surface area contributed by atoms with E-state index in [1.165, 1.54) is 23.4 Å². The van der Waals surface area contributed by atoms with Gasteiger partial charge < -0.3 is 4.90 Å². The van der Waals surface area contributed by atoms with Gasteiger partial charge in [-0.15, -0.1) is 0 Å². The van der Waals surface area contributed by atoms with Crippen LogP contribution in [-0.4, -0.2) is 26.0 Å². The lowest BCUT2D eigenvalue weighted by atomic mass is 9.99. The van der Waals surface area contributed by atoms with Crippen molar-refractivity contribution in [3.8, 4) is 5.82 Å². The normalized spacial score (nSPS) is 16.4. The summed E-state index contributed by atoms with van der Waals surface area (Å²) in [5.74, 6) is 0.357. The van der Waals surface area contributed by atoms with Crippen molar-refractivity contribution in [3.05, 3.63) is 83.8 Å². The zero-order valence-corrected chi connectivity index (χ0v) is 15.0. The number of aryl methyl sites for hydroxylation is 1. The summed E-state index contributed by atoms with van der Waals surface area (Å²) in [4.78, 5) is 11.1. The molecule has 3 aromatic rings. The van der Waals surface area contributed by atoms with E-state index >= 15 is 0 Å². The van der Waals surface area contributed by atoms with Crippen LogP contribution in [0.3, 0.4) is 0 Å². The molecule has 2 aromatic heterocycles. The first-order valence-electron chi connectivity index (χ1n) is 8.76. The number of hydrogen-bond donors (Lipinski definition) is 0. The molecule has 1 unspecified atom stereocenters. The molecule has 0 aliphatic carbocycles. The second-order valence-electron chi connectivity index (χ2n) is 6.66. The van der Waals surface area contributed by atoms with Crippen molar-refractivity contribution in [2.24, 2.45) is 0 Å². The van der Waals surface area contributed by atoms with Crippen molar-refractivity contribution in [1.29, 1.82) is 0 Å². The largest absolute Gasteiger partial charge is 0.363 e. The van der Waals surface area contributed by atoms with E-state index in [2.05, 4.69) is 47.4 Å². The van der Waals surface area contributed by atoms with Crippen molar-refractivity contribution >= 4 is 5.70 Å². The Morgan fingerprint density at radius 2 is 2.00 bits per heavy atom. The van der Waals surface area contributed by atoms with Gasteiger partial charge in [0.1, 0.15) is 18.0 Å². The summed E-state index contributed by atoms with van der Waals surface area (Å²) in [6.07, 6.45) is 3.85. The lowest BCUT2D eigenvalue weighted by Gasteiger charge is -2.36. The van der Waals surface area contributed by atoms with Crippen molar-refractivity contribution in [2.45, 2.75) is 26.3 Å². The molecule has 0 N–H and O–H groups in total. The molecule has 0 radical (unpaired) electrons. The van der Waals surface area contributed by atoms with E-state index < -0.39 is 0 Å². The van der Waals surface area contributed by atoms with Crippen LogP contribution in [0.4, 0.5) is 4.39 Å². The van der Waals surface area contributed by atoms with Crippen molar-refractivity contribution < 1.29 is 4.39 Å². The fraction of sp³-hybridized carbons (Fsp3) is 0.238. The first kappa shape index (κ1) is 16.5. The molecule has 0 amide bonds. The van der Waals surface area contributed by atoms with Crippen LogP contribution in [0, 0.1) is 12.7 Å². The Hall–Kier alpha value is -2.95. The maximum absolute atomic E-state index is 13.2. The lowest BCUT2D eigenvalue weighted by molar-refractivity contribution is 0.293. The van der Waals surface area contributed by atoms with Gasteiger partial charge in [-0.3, -0.25) is 4.57 Å². The van der Waals surface area contributed by atoms with Gasteiger partial charge in [-0.05, 0) is 31.5 Å². The molecule has 5 heteroatoms. The average molecular weight is 348 g/mol. The van der Waals surface area contributed by atoms with Crippen LogP contribution in [0.1, 0.15) is 35.5 Å². The van der Waals surface area contributed by atoms with Crippen molar-refractivity contribution in [3.63, 3.8) is 0 Å².